The molecule has 1 N–H and O–H groups in total. The molecule has 1 aromatic rings. The van der Waals surface area contributed by atoms with Crippen LogP contribution in [0.15, 0.2) is 29.2 Å². The fourth-order valence-corrected chi connectivity index (χ4v) is 3.46. The maximum atomic E-state index is 11.9. The summed E-state index contributed by atoms with van der Waals surface area (Å²) in [4.78, 5) is 17.9. The van der Waals surface area contributed by atoms with E-state index in [0.717, 1.165) is 49.8 Å². The van der Waals surface area contributed by atoms with Gasteiger partial charge in [-0.15, -0.1) is 11.8 Å². The average molecular weight is 352 g/mol. The van der Waals surface area contributed by atoms with Gasteiger partial charge in [0, 0.05) is 37.6 Å². The maximum Gasteiger partial charge on any atom is 0.230 e. The summed E-state index contributed by atoms with van der Waals surface area (Å²) >= 11 is 1.55. The van der Waals surface area contributed by atoms with Crippen molar-refractivity contribution < 1.29 is 9.53 Å². The van der Waals surface area contributed by atoms with Crippen molar-refractivity contribution in [3.05, 3.63) is 24.3 Å². The molecule has 0 atom stereocenters. The van der Waals surface area contributed by atoms with Gasteiger partial charge >= 0.3 is 0 Å². The van der Waals surface area contributed by atoms with Crippen LogP contribution in [-0.2, 0) is 4.79 Å². The Bertz CT molecular complexity index is 488. The molecule has 134 valence electrons. The van der Waals surface area contributed by atoms with Crippen LogP contribution in [0.3, 0.4) is 0 Å². The lowest BCUT2D eigenvalue weighted by Crippen LogP contribution is -2.46. The minimum atomic E-state index is 0.103. The van der Waals surface area contributed by atoms with Gasteiger partial charge in [0.15, 0.2) is 0 Å². The van der Waals surface area contributed by atoms with Gasteiger partial charge < -0.3 is 19.9 Å². The summed E-state index contributed by atoms with van der Waals surface area (Å²) in [5.74, 6) is 1.40. The highest BCUT2D eigenvalue weighted by molar-refractivity contribution is 8.00. The summed E-state index contributed by atoms with van der Waals surface area (Å²) in [5, 5.41) is 3.01. The standard InChI is InChI=1S/C18H29N3O2S/c1-3-20-11-13-21(14-12-20)10-4-9-19-18(22)15-24-17-7-5-16(23-2)6-8-17/h5-8H,3-4,9-15H2,1-2H3,(H,19,22). The maximum absolute atomic E-state index is 11.9. The van der Waals surface area contributed by atoms with E-state index in [0.29, 0.717) is 5.75 Å². The lowest BCUT2D eigenvalue weighted by molar-refractivity contribution is -0.118. The van der Waals surface area contributed by atoms with Crippen LogP contribution in [0.5, 0.6) is 5.75 Å². The minimum Gasteiger partial charge on any atom is -0.497 e. The number of nitrogens with one attached hydrogen (secondary N) is 1. The molecule has 2 rings (SSSR count). The van der Waals surface area contributed by atoms with Crippen molar-refractivity contribution in [1.29, 1.82) is 0 Å². The van der Waals surface area contributed by atoms with E-state index in [1.807, 2.05) is 24.3 Å². The Morgan fingerprint density at radius 1 is 1.17 bits per heavy atom. The Labute approximate surface area is 149 Å². The molecule has 1 aliphatic heterocycles. The van der Waals surface area contributed by atoms with Crippen LogP contribution in [0, 0.1) is 0 Å². The van der Waals surface area contributed by atoms with Gasteiger partial charge in [0.25, 0.3) is 0 Å². The number of nitrogens with zero attached hydrogens (tertiary/aromatic N) is 2. The second-order valence-corrected chi connectivity index (χ2v) is 6.99. The van der Waals surface area contributed by atoms with Crippen molar-refractivity contribution >= 4 is 17.7 Å². The first kappa shape index (κ1) is 19.1. The second-order valence-electron chi connectivity index (χ2n) is 5.94. The zero-order valence-electron chi connectivity index (χ0n) is 14.8. The topological polar surface area (TPSA) is 44.8 Å². The van der Waals surface area contributed by atoms with Crippen molar-refractivity contribution in [2.24, 2.45) is 0 Å². The zero-order valence-corrected chi connectivity index (χ0v) is 15.6. The highest BCUT2D eigenvalue weighted by Crippen LogP contribution is 2.20. The molecule has 1 aliphatic rings. The number of likely N-dealkylation sites (N-methyl/N-ethyl adjacent to an activating group) is 1. The van der Waals surface area contributed by atoms with Crippen LogP contribution in [0.25, 0.3) is 0 Å². The van der Waals surface area contributed by atoms with Gasteiger partial charge in [-0.05, 0) is 43.8 Å². The molecule has 5 nitrogen and oxygen atoms in total. The van der Waals surface area contributed by atoms with E-state index in [1.54, 1.807) is 18.9 Å². The second kappa shape index (κ2) is 10.6. The van der Waals surface area contributed by atoms with Crippen LogP contribution >= 0.6 is 11.8 Å². The summed E-state index contributed by atoms with van der Waals surface area (Å²) in [7, 11) is 1.65. The van der Waals surface area contributed by atoms with Gasteiger partial charge in [-0.2, -0.15) is 0 Å². The van der Waals surface area contributed by atoms with Crippen molar-refractivity contribution in [2.75, 3.05) is 58.7 Å². The number of ether oxygens (including phenoxy) is 1. The quantitative estimate of drug-likeness (QED) is 0.544. The number of carbonyl (C=O) groups excluding carboxylic acids is 1. The predicted octanol–water partition coefficient (Wildman–Crippen LogP) is 1.93. The van der Waals surface area contributed by atoms with Gasteiger partial charge in [-0.3, -0.25) is 4.79 Å². The molecule has 1 amide bonds. The first-order chi connectivity index (χ1) is 11.7. The predicted molar refractivity (Wildman–Crippen MR) is 99.9 cm³/mol. The first-order valence-electron chi connectivity index (χ1n) is 8.69. The molecule has 24 heavy (non-hydrogen) atoms. The number of thioether (sulfide) groups is 1. The molecular formula is C18H29N3O2S. The highest BCUT2D eigenvalue weighted by atomic mass is 32.2. The third kappa shape index (κ3) is 6.71. The Hall–Kier alpha value is -1.24. The SMILES string of the molecule is CCN1CCN(CCCNC(=O)CSc2ccc(OC)cc2)CC1. The van der Waals surface area contributed by atoms with Gasteiger partial charge in [-0.1, -0.05) is 6.92 Å². The molecule has 1 heterocycles. The normalized spacial score (nSPS) is 16.1. The molecule has 0 unspecified atom stereocenters. The third-order valence-corrected chi connectivity index (χ3v) is 5.33. The monoisotopic (exact) mass is 351 g/mol. The number of piperazine rings is 1. The van der Waals surface area contributed by atoms with Crippen molar-refractivity contribution in [2.45, 2.75) is 18.2 Å². The Balaban J connectivity index is 1.53. The summed E-state index contributed by atoms with van der Waals surface area (Å²) in [6.07, 6.45) is 1.02. The molecule has 6 heteroatoms. The molecule has 1 aromatic carbocycles. The van der Waals surface area contributed by atoms with Crippen LogP contribution < -0.4 is 10.1 Å². The third-order valence-electron chi connectivity index (χ3n) is 4.31. The van der Waals surface area contributed by atoms with Crippen molar-refractivity contribution in [1.82, 2.24) is 15.1 Å². The molecule has 0 spiro atoms. The number of methoxy groups -OCH3 is 1. The lowest BCUT2D eigenvalue weighted by atomic mass is 10.3. The smallest absolute Gasteiger partial charge is 0.230 e. The number of benzene rings is 1. The molecule has 0 bridgehead atoms. The number of hydrogen-bond acceptors (Lipinski definition) is 5. The van der Waals surface area contributed by atoms with E-state index < -0.39 is 0 Å². The van der Waals surface area contributed by atoms with Gasteiger partial charge in [0.1, 0.15) is 5.75 Å². The van der Waals surface area contributed by atoms with Crippen LogP contribution in [0.4, 0.5) is 0 Å². The minimum absolute atomic E-state index is 0.103. The van der Waals surface area contributed by atoms with Crippen molar-refractivity contribution in [3.8, 4) is 5.75 Å². The van der Waals surface area contributed by atoms with E-state index in [9.17, 15) is 4.79 Å². The van der Waals surface area contributed by atoms with Crippen LogP contribution in [0.1, 0.15) is 13.3 Å². The Morgan fingerprint density at radius 3 is 2.46 bits per heavy atom. The summed E-state index contributed by atoms with van der Waals surface area (Å²) < 4.78 is 5.13. The van der Waals surface area contributed by atoms with Crippen LogP contribution in [0.2, 0.25) is 0 Å². The fraction of sp³-hybridized carbons (Fsp3) is 0.611. The number of carbonyl (C=O) groups is 1. The van der Waals surface area contributed by atoms with Crippen LogP contribution in [-0.4, -0.2) is 74.4 Å². The number of rotatable bonds is 9. The van der Waals surface area contributed by atoms with E-state index in [-0.39, 0.29) is 5.91 Å². The average Bonchev–Trinajstić information content (AvgIpc) is 2.64. The van der Waals surface area contributed by atoms with E-state index in [4.69, 9.17) is 4.74 Å². The van der Waals surface area contributed by atoms with Crippen molar-refractivity contribution in [3.63, 3.8) is 0 Å². The Morgan fingerprint density at radius 2 is 1.83 bits per heavy atom. The zero-order chi connectivity index (χ0) is 17.2. The molecule has 1 fully saturated rings. The van der Waals surface area contributed by atoms with Gasteiger partial charge in [-0.25, -0.2) is 0 Å². The van der Waals surface area contributed by atoms with Gasteiger partial charge in [0.2, 0.25) is 5.91 Å². The summed E-state index contributed by atoms with van der Waals surface area (Å²) in [5.41, 5.74) is 0. The van der Waals surface area contributed by atoms with Gasteiger partial charge in [0.05, 0.1) is 12.9 Å². The first-order valence-corrected chi connectivity index (χ1v) is 9.68. The highest BCUT2D eigenvalue weighted by Gasteiger charge is 2.14. The van der Waals surface area contributed by atoms with E-state index in [2.05, 4.69) is 22.0 Å². The fourth-order valence-electron chi connectivity index (χ4n) is 2.73. The molecule has 1 saturated heterocycles. The molecule has 0 aromatic heterocycles. The van der Waals surface area contributed by atoms with E-state index in [1.165, 1.54) is 13.1 Å². The Kier molecular flexibility index (Phi) is 8.42. The molecule has 0 radical (unpaired) electrons. The van der Waals surface area contributed by atoms with E-state index >= 15 is 0 Å². The molecular weight excluding hydrogens is 322 g/mol. The lowest BCUT2D eigenvalue weighted by Gasteiger charge is -2.33. The summed E-state index contributed by atoms with van der Waals surface area (Å²) in [6.45, 7) is 9.83. The largest absolute Gasteiger partial charge is 0.497 e. The molecule has 0 aliphatic carbocycles. The molecule has 0 saturated carbocycles. The number of hydrogen-bond donors (Lipinski definition) is 1. The number of amides is 1. The summed E-state index contributed by atoms with van der Waals surface area (Å²) in [6, 6.07) is 7.79.